The van der Waals surface area contributed by atoms with Gasteiger partial charge in [0.05, 0.1) is 6.20 Å². The fourth-order valence-corrected chi connectivity index (χ4v) is 2.70. The lowest BCUT2D eigenvalue weighted by atomic mass is 9.87. The first-order chi connectivity index (χ1) is 7.99. The number of aromatic nitrogens is 1. The van der Waals surface area contributed by atoms with Crippen LogP contribution in [0, 0.1) is 11.2 Å². The van der Waals surface area contributed by atoms with Crippen LogP contribution < -0.4 is 5.32 Å². The van der Waals surface area contributed by atoms with Gasteiger partial charge in [0.2, 0.25) is 0 Å². The van der Waals surface area contributed by atoms with Gasteiger partial charge in [-0.25, -0.2) is 4.39 Å². The van der Waals surface area contributed by atoms with Gasteiger partial charge in [0.25, 0.3) is 0 Å². The minimum atomic E-state index is -0.262. The number of pyridine rings is 1. The van der Waals surface area contributed by atoms with Gasteiger partial charge in [0.15, 0.2) is 0 Å². The highest BCUT2D eigenvalue weighted by atomic mass is 19.1. The van der Waals surface area contributed by atoms with Gasteiger partial charge >= 0.3 is 0 Å². The summed E-state index contributed by atoms with van der Waals surface area (Å²) in [6, 6.07) is 2.23. The molecule has 1 aliphatic carbocycles. The molecular formula is C14H21FN2. The predicted octanol–water partition coefficient (Wildman–Crippen LogP) is 3.45. The number of halogens is 1. The molecule has 0 spiro atoms. The SMILES string of the molecule is CC(NC1CCCC1(C)C)c1cncc(F)c1. The van der Waals surface area contributed by atoms with E-state index in [0.29, 0.717) is 11.5 Å². The van der Waals surface area contributed by atoms with E-state index in [2.05, 4.69) is 31.1 Å². The van der Waals surface area contributed by atoms with Crippen LogP contribution in [0.1, 0.15) is 51.6 Å². The van der Waals surface area contributed by atoms with Crippen molar-refractivity contribution in [2.75, 3.05) is 0 Å². The van der Waals surface area contributed by atoms with Crippen LogP contribution in [0.2, 0.25) is 0 Å². The molecule has 3 heteroatoms. The molecule has 2 unspecified atom stereocenters. The minimum Gasteiger partial charge on any atom is -0.307 e. The maximum Gasteiger partial charge on any atom is 0.141 e. The number of hydrogen-bond acceptors (Lipinski definition) is 2. The van der Waals surface area contributed by atoms with Crippen LogP contribution in [-0.2, 0) is 0 Å². The van der Waals surface area contributed by atoms with Gasteiger partial charge in [-0.3, -0.25) is 4.98 Å². The first-order valence-corrected chi connectivity index (χ1v) is 6.35. The standard InChI is InChI=1S/C14H21FN2/c1-10(11-7-12(15)9-16-8-11)17-13-5-4-6-14(13,2)3/h7-10,13,17H,4-6H2,1-3H3. The summed E-state index contributed by atoms with van der Waals surface area (Å²) in [6.45, 7) is 6.67. The van der Waals surface area contributed by atoms with Crippen molar-refractivity contribution >= 4 is 0 Å². The average Bonchev–Trinajstić information content (AvgIpc) is 2.58. The van der Waals surface area contributed by atoms with Crippen LogP contribution in [0.15, 0.2) is 18.5 Å². The van der Waals surface area contributed by atoms with E-state index in [-0.39, 0.29) is 11.9 Å². The monoisotopic (exact) mass is 236 g/mol. The van der Waals surface area contributed by atoms with Crippen molar-refractivity contribution in [3.63, 3.8) is 0 Å². The smallest absolute Gasteiger partial charge is 0.141 e. The molecule has 17 heavy (non-hydrogen) atoms. The summed E-state index contributed by atoms with van der Waals surface area (Å²) in [7, 11) is 0. The van der Waals surface area contributed by atoms with Crippen LogP contribution in [0.3, 0.4) is 0 Å². The van der Waals surface area contributed by atoms with Gasteiger partial charge in [0.1, 0.15) is 5.82 Å². The summed E-state index contributed by atoms with van der Waals surface area (Å²) in [5, 5.41) is 3.61. The molecule has 2 atom stereocenters. The third-order valence-corrected chi connectivity index (χ3v) is 3.93. The van der Waals surface area contributed by atoms with Gasteiger partial charge in [-0.05, 0) is 36.8 Å². The third-order valence-electron chi connectivity index (χ3n) is 3.93. The van der Waals surface area contributed by atoms with Crippen molar-refractivity contribution in [1.29, 1.82) is 0 Å². The molecule has 2 nitrogen and oxygen atoms in total. The summed E-state index contributed by atoms with van der Waals surface area (Å²) in [5.74, 6) is -0.262. The van der Waals surface area contributed by atoms with Crippen LogP contribution in [0.4, 0.5) is 4.39 Å². The van der Waals surface area contributed by atoms with Crippen LogP contribution in [0.25, 0.3) is 0 Å². The molecule has 0 saturated heterocycles. The zero-order valence-corrected chi connectivity index (χ0v) is 10.8. The number of rotatable bonds is 3. The first-order valence-electron chi connectivity index (χ1n) is 6.35. The maximum atomic E-state index is 13.1. The van der Waals surface area contributed by atoms with E-state index in [1.54, 1.807) is 12.3 Å². The van der Waals surface area contributed by atoms with Crippen LogP contribution >= 0.6 is 0 Å². The number of nitrogens with zero attached hydrogens (tertiary/aromatic N) is 1. The Balaban J connectivity index is 2.04. The lowest BCUT2D eigenvalue weighted by Crippen LogP contribution is -2.39. The Morgan fingerprint density at radius 2 is 2.24 bits per heavy atom. The largest absolute Gasteiger partial charge is 0.307 e. The molecule has 0 amide bonds. The summed E-state index contributed by atoms with van der Waals surface area (Å²) >= 11 is 0. The Labute approximate surface area is 103 Å². The van der Waals surface area contributed by atoms with E-state index in [4.69, 9.17) is 0 Å². The van der Waals surface area contributed by atoms with Crippen LogP contribution in [0.5, 0.6) is 0 Å². The normalized spacial score (nSPS) is 24.8. The third kappa shape index (κ3) is 2.83. The molecule has 1 saturated carbocycles. The molecule has 0 aliphatic heterocycles. The predicted molar refractivity (Wildman–Crippen MR) is 67.2 cm³/mol. The highest BCUT2D eigenvalue weighted by Crippen LogP contribution is 2.38. The van der Waals surface area contributed by atoms with E-state index in [0.717, 1.165) is 5.56 Å². The number of hydrogen-bond donors (Lipinski definition) is 1. The van der Waals surface area contributed by atoms with Crippen LogP contribution in [-0.4, -0.2) is 11.0 Å². The Morgan fingerprint density at radius 1 is 1.47 bits per heavy atom. The molecule has 0 bridgehead atoms. The Morgan fingerprint density at radius 3 is 2.82 bits per heavy atom. The second-order valence-corrected chi connectivity index (χ2v) is 5.76. The van der Waals surface area contributed by atoms with Gasteiger partial charge < -0.3 is 5.32 Å². The maximum absolute atomic E-state index is 13.1. The zero-order valence-electron chi connectivity index (χ0n) is 10.8. The summed E-state index contributed by atoms with van der Waals surface area (Å²) in [4.78, 5) is 3.90. The van der Waals surface area contributed by atoms with Gasteiger partial charge in [-0.2, -0.15) is 0 Å². The van der Waals surface area contributed by atoms with E-state index in [9.17, 15) is 4.39 Å². The fraction of sp³-hybridized carbons (Fsp3) is 0.643. The van der Waals surface area contributed by atoms with Crippen molar-refractivity contribution in [1.82, 2.24) is 10.3 Å². The molecule has 1 aromatic heterocycles. The van der Waals surface area contributed by atoms with E-state index in [1.165, 1.54) is 25.5 Å². The lowest BCUT2D eigenvalue weighted by Gasteiger charge is -2.30. The van der Waals surface area contributed by atoms with Crippen molar-refractivity contribution in [3.8, 4) is 0 Å². The summed E-state index contributed by atoms with van der Waals surface area (Å²) in [6.07, 6.45) is 6.73. The molecule has 1 fully saturated rings. The average molecular weight is 236 g/mol. The van der Waals surface area contributed by atoms with Gasteiger partial charge in [0, 0.05) is 18.3 Å². The Hall–Kier alpha value is -0.960. The first kappa shape index (κ1) is 12.5. The summed E-state index contributed by atoms with van der Waals surface area (Å²) < 4.78 is 13.1. The Kier molecular flexibility index (Phi) is 3.48. The quantitative estimate of drug-likeness (QED) is 0.869. The highest BCUT2D eigenvalue weighted by Gasteiger charge is 2.34. The molecule has 0 aromatic carbocycles. The summed E-state index contributed by atoms with van der Waals surface area (Å²) in [5.41, 5.74) is 1.27. The highest BCUT2D eigenvalue weighted by molar-refractivity contribution is 5.14. The van der Waals surface area contributed by atoms with Crippen molar-refractivity contribution < 1.29 is 4.39 Å². The molecule has 1 aromatic rings. The lowest BCUT2D eigenvalue weighted by molar-refractivity contribution is 0.266. The van der Waals surface area contributed by atoms with Crippen molar-refractivity contribution in [3.05, 3.63) is 29.8 Å². The molecular weight excluding hydrogens is 215 g/mol. The van der Waals surface area contributed by atoms with Crippen molar-refractivity contribution in [2.45, 2.75) is 52.1 Å². The molecule has 1 heterocycles. The molecule has 1 N–H and O–H groups in total. The topological polar surface area (TPSA) is 24.9 Å². The number of nitrogens with one attached hydrogen (secondary N) is 1. The second kappa shape index (κ2) is 4.73. The minimum absolute atomic E-state index is 0.153. The second-order valence-electron chi connectivity index (χ2n) is 5.76. The zero-order chi connectivity index (χ0) is 12.5. The molecule has 0 radical (unpaired) electrons. The van der Waals surface area contributed by atoms with E-state index in [1.807, 2.05) is 0 Å². The van der Waals surface area contributed by atoms with E-state index >= 15 is 0 Å². The molecule has 94 valence electrons. The van der Waals surface area contributed by atoms with E-state index < -0.39 is 0 Å². The molecule has 2 rings (SSSR count). The molecule has 1 aliphatic rings. The van der Waals surface area contributed by atoms with Gasteiger partial charge in [-0.1, -0.05) is 20.3 Å². The van der Waals surface area contributed by atoms with Gasteiger partial charge in [-0.15, -0.1) is 0 Å². The fourth-order valence-electron chi connectivity index (χ4n) is 2.70. The van der Waals surface area contributed by atoms with Crippen molar-refractivity contribution in [2.24, 2.45) is 5.41 Å². The Bertz CT molecular complexity index is 390.